The SMILES string of the molecule is COC(=O)c1ccc(N)c(NC(=O)[C@H](CCc2ccccc2)NC(=O)OC(C)(C)C)c1. The molecule has 8 nitrogen and oxygen atoms in total. The van der Waals surface area contributed by atoms with Crippen LogP contribution < -0.4 is 16.4 Å². The summed E-state index contributed by atoms with van der Waals surface area (Å²) in [4.78, 5) is 37.1. The molecule has 0 bridgehead atoms. The summed E-state index contributed by atoms with van der Waals surface area (Å²) in [6, 6.07) is 13.2. The number of esters is 1. The number of hydrogen-bond acceptors (Lipinski definition) is 6. The van der Waals surface area contributed by atoms with Crippen molar-refractivity contribution in [1.82, 2.24) is 5.32 Å². The van der Waals surface area contributed by atoms with Crippen LogP contribution in [0.3, 0.4) is 0 Å². The normalized spacial score (nSPS) is 11.9. The van der Waals surface area contributed by atoms with E-state index in [2.05, 4.69) is 10.6 Å². The second-order valence-corrected chi connectivity index (χ2v) is 8.01. The van der Waals surface area contributed by atoms with Crippen molar-refractivity contribution in [2.24, 2.45) is 0 Å². The number of methoxy groups -OCH3 is 1. The molecule has 0 saturated carbocycles. The summed E-state index contributed by atoms with van der Waals surface area (Å²) in [5, 5.41) is 5.32. The monoisotopic (exact) mass is 427 g/mol. The quantitative estimate of drug-likeness (QED) is 0.459. The van der Waals surface area contributed by atoms with Crippen LogP contribution in [0.4, 0.5) is 16.2 Å². The minimum absolute atomic E-state index is 0.243. The third-order valence-electron chi connectivity index (χ3n) is 4.30. The number of carbonyl (C=O) groups is 3. The lowest BCUT2D eigenvalue weighted by molar-refractivity contribution is -0.118. The molecule has 0 unspecified atom stereocenters. The molecule has 8 heteroatoms. The average Bonchev–Trinajstić information content (AvgIpc) is 2.71. The van der Waals surface area contributed by atoms with Crippen molar-refractivity contribution in [3.05, 3.63) is 59.7 Å². The molecule has 0 saturated heterocycles. The first-order valence-corrected chi connectivity index (χ1v) is 9.91. The lowest BCUT2D eigenvalue weighted by Crippen LogP contribution is -2.46. The van der Waals surface area contributed by atoms with E-state index in [4.69, 9.17) is 15.2 Å². The molecule has 0 aromatic heterocycles. The van der Waals surface area contributed by atoms with Gasteiger partial charge in [0.05, 0.1) is 24.0 Å². The fraction of sp³-hybridized carbons (Fsp3) is 0.348. The van der Waals surface area contributed by atoms with Gasteiger partial charge >= 0.3 is 12.1 Å². The Hall–Kier alpha value is -3.55. The van der Waals surface area contributed by atoms with E-state index in [9.17, 15) is 14.4 Å². The number of hydrogen-bond donors (Lipinski definition) is 3. The summed E-state index contributed by atoms with van der Waals surface area (Å²) in [5.41, 5.74) is 7.05. The number of anilines is 2. The third-order valence-corrected chi connectivity index (χ3v) is 4.30. The van der Waals surface area contributed by atoms with Crippen LogP contribution in [0.15, 0.2) is 48.5 Å². The van der Waals surface area contributed by atoms with Crippen LogP contribution in [0.1, 0.15) is 43.1 Å². The van der Waals surface area contributed by atoms with E-state index in [1.807, 2.05) is 30.3 Å². The molecule has 2 aromatic carbocycles. The van der Waals surface area contributed by atoms with Gasteiger partial charge in [-0.15, -0.1) is 0 Å². The predicted molar refractivity (Wildman–Crippen MR) is 119 cm³/mol. The second kappa shape index (κ2) is 10.5. The molecule has 0 aliphatic rings. The van der Waals surface area contributed by atoms with Gasteiger partial charge in [0, 0.05) is 0 Å². The second-order valence-electron chi connectivity index (χ2n) is 8.01. The molecular formula is C23H29N3O5. The highest BCUT2D eigenvalue weighted by Crippen LogP contribution is 2.21. The van der Waals surface area contributed by atoms with Gasteiger partial charge in [-0.25, -0.2) is 9.59 Å². The van der Waals surface area contributed by atoms with E-state index in [1.54, 1.807) is 20.8 Å². The number of carbonyl (C=O) groups excluding carboxylic acids is 3. The molecule has 2 aromatic rings. The van der Waals surface area contributed by atoms with Crippen LogP contribution >= 0.6 is 0 Å². The molecule has 31 heavy (non-hydrogen) atoms. The van der Waals surface area contributed by atoms with Gasteiger partial charge in [-0.2, -0.15) is 0 Å². The highest BCUT2D eigenvalue weighted by molar-refractivity contribution is 6.00. The van der Waals surface area contributed by atoms with Crippen LogP contribution in [0.5, 0.6) is 0 Å². The van der Waals surface area contributed by atoms with Crippen LogP contribution in [-0.4, -0.2) is 36.7 Å². The van der Waals surface area contributed by atoms with E-state index in [1.165, 1.54) is 25.3 Å². The summed E-state index contributed by atoms with van der Waals surface area (Å²) in [6.07, 6.45) is 0.204. The number of nitrogens with two attached hydrogens (primary N) is 1. The van der Waals surface area contributed by atoms with Crippen molar-refractivity contribution in [2.75, 3.05) is 18.2 Å². The largest absolute Gasteiger partial charge is 0.465 e. The Bertz CT molecular complexity index is 923. The topological polar surface area (TPSA) is 120 Å². The molecule has 0 aliphatic heterocycles. The molecule has 0 heterocycles. The van der Waals surface area contributed by atoms with E-state index in [0.29, 0.717) is 12.8 Å². The van der Waals surface area contributed by atoms with E-state index in [0.717, 1.165) is 5.56 Å². The Morgan fingerprint density at radius 3 is 2.35 bits per heavy atom. The molecule has 4 N–H and O–H groups in total. The highest BCUT2D eigenvalue weighted by Gasteiger charge is 2.25. The van der Waals surface area contributed by atoms with Gasteiger partial charge in [0.1, 0.15) is 11.6 Å². The van der Waals surface area contributed by atoms with E-state index < -0.39 is 29.6 Å². The van der Waals surface area contributed by atoms with Gasteiger partial charge in [0.15, 0.2) is 0 Å². The number of benzene rings is 2. The molecule has 2 amide bonds. The Labute approximate surface area is 182 Å². The molecule has 1 atom stereocenters. The van der Waals surface area contributed by atoms with Gasteiger partial charge in [-0.05, 0) is 57.4 Å². The maximum Gasteiger partial charge on any atom is 0.408 e. The first kappa shape index (κ1) is 23.7. The minimum atomic E-state index is -0.878. The summed E-state index contributed by atoms with van der Waals surface area (Å²) in [7, 11) is 1.27. The van der Waals surface area contributed by atoms with Gasteiger partial charge in [-0.1, -0.05) is 30.3 Å². The smallest absolute Gasteiger partial charge is 0.408 e. The van der Waals surface area contributed by atoms with Crippen LogP contribution in [-0.2, 0) is 20.7 Å². The van der Waals surface area contributed by atoms with E-state index >= 15 is 0 Å². The first-order valence-electron chi connectivity index (χ1n) is 9.91. The van der Waals surface area contributed by atoms with Gasteiger partial charge in [0.2, 0.25) is 5.91 Å². The summed E-state index contributed by atoms with van der Waals surface area (Å²) < 4.78 is 10.00. The molecule has 0 radical (unpaired) electrons. The lowest BCUT2D eigenvalue weighted by Gasteiger charge is -2.23. The van der Waals surface area contributed by atoms with Crippen molar-refractivity contribution in [1.29, 1.82) is 0 Å². The van der Waals surface area contributed by atoms with Crippen molar-refractivity contribution >= 4 is 29.3 Å². The van der Waals surface area contributed by atoms with Crippen LogP contribution in [0, 0.1) is 0 Å². The Balaban J connectivity index is 2.18. The predicted octanol–water partition coefficient (Wildman–Crippen LogP) is 3.52. The summed E-state index contributed by atoms with van der Waals surface area (Å²) >= 11 is 0. The number of nitrogens with one attached hydrogen (secondary N) is 2. The zero-order valence-corrected chi connectivity index (χ0v) is 18.2. The number of aryl methyl sites for hydroxylation is 1. The maximum absolute atomic E-state index is 13.0. The molecule has 0 fully saturated rings. The molecule has 166 valence electrons. The molecule has 2 rings (SSSR count). The van der Waals surface area contributed by atoms with Gasteiger partial charge in [0.25, 0.3) is 0 Å². The number of amides is 2. The standard InChI is InChI=1S/C23H29N3O5/c1-23(2,3)31-22(29)26-18(13-10-15-8-6-5-7-9-15)20(27)25-19-14-16(21(28)30-4)11-12-17(19)24/h5-9,11-12,14,18H,10,13,24H2,1-4H3,(H,25,27)(H,26,29)/t18-/m0/s1. The molecule has 0 aliphatic carbocycles. The Morgan fingerprint density at radius 2 is 1.74 bits per heavy atom. The van der Waals surface area contributed by atoms with Crippen molar-refractivity contribution in [2.45, 2.75) is 45.3 Å². The highest BCUT2D eigenvalue weighted by atomic mass is 16.6. The fourth-order valence-electron chi connectivity index (χ4n) is 2.80. The minimum Gasteiger partial charge on any atom is -0.465 e. The zero-order valence-electron chi connectivity index (χ0n) is 18.2. The molecule has 0 spiro atoms. The van der Waals surface area contributed by atoms with E-state index in [-0.39, 0.29) is 16.9 Å². The number of rotatable bonds is 7. The molecular weight excluding hydrogens is 398 g/mol. The average molecular weight is 428 g/mol. The number of ether oxygens (including phenoxy) is 2. The van der Waals surface area contributed by atoms with Crippen LogP contribution in [0.2, 0.25) is 0 Å². The van der Waals surface area contributed by atoms with Crippen LogP contribution in [0.25, 0.3) is 0 Å². The fourth-order valence-corrected chi connectivity index (χ4v) is 2.80. The Kier molecular flexibility index (Phi) is 8.01. The van der Waals surface area contributed by atoms with Gasteiger partial charge < -0.3 is 25.8 Å². The third kappa shape index (κ3) is 7.65. The zero-order chi connectivity index (χ0) is 23.0. The summed E-state index contributed by atoms with van der Waals surface area (Å²) in [5.74, 6) is -1.03. The summed E-state index contributed by atoms with van der Waals surface area (Å²) in [6.45, 7) is 5.22. The number of nitrogen functional groups attached to an aromatic ring is 1. The van der Waals surface area contributed by atoms with Crippen molar-refractivity contribution in [3.8, 4) is 0 Å². The number of alkyl carbamates (subject to hydrolysis) is 1. The first-order chi connectivity index (χ1) is 14.6. The maximum atomic E-state index is 13.0. The van der Waals surface area contributed by atoms with Gasteiger partial charge in [-0.3, -0.25) is 4.79 Å². The van der Waals surface area contributed by atoms with Crippen molar-refractivity contribution in [3.63, 3.8) is 0 Å². The van der Waals surface area contributed by atoms with Crippen molar-refractivity contribution < 1.29 is 23.9 Å². The Morgan fingerprint density at radius 1 is 1.06 bits per heavy atom. The lowest BCUT2D eigenvalue weighted by atomic mass is 10.0.